The quantitative estimate of drug-likeness (QED) is 0.0270. The molecule has 0 aliphatic carbocycles. The molecule has 0 aromatic carbocycles. The van der Waals surface area contributed by atoms with Gasteiger partial charge in [-0.2, -0.15) is 0 Å². The van der Waals surface area contributed by atoms with Crippen LogP contribution in [-0.4, -0.2) is 655 Å². The normalized spacial score (nSPS) is 48.9. The zero-order valence-corrected chi connectivity index (χ0v) is 74.7. The number of hydrogen-bond donors (Lipinski definition) is 41. The molecule has 0 aromatic rings. The van der Waals surface area contributed by atoms with Crippen LogP contribution in [0, 0.1) is 0 Å². The van der Waals surface area contributed by atoms with Crippen molar-refractivity contribution in [3.63, 3.8) is 0 Å². The zero-order chi connectivity index (χ0) is 106. The van der Waals surface area contributed by atoms with Gasteiger partial charge in [0, 0.05) is 26.2 Å². The largest absolute Gasteiger partial charge is 0.477 e. The summed E-state index contributed by atoms with van der Waals surface area (Å²) in [6.45, 7) is -13.9. The zero-order valence-electron chi connectivity index (χ0n) is 74.7. The van der Waals surface area contributed by atoms with Gasteiger partial charge in [0.15, 0.2) is 50.3 Å². The number of hydrogen-bond acceptors (Lipinski definition) is 62. The van der Waals surface area contributed by atoms with Gasteiger partial charge in [-0.15, -0.1) is 0 Å². The Hall–Kier alpha value is -4.44. The Morgan fingerprint density at radius 3 is 1.11 bits per heavy atom. The van der Waals surface area contributed by atoms with E-state index in [1.165, 1.54) is 0 Å². The van der Waals surface area contributed by atoms with E-state index < -0.39 is 470 Å². The summed E-state index contributed by atoms with van der Waals surface area (Å²) in [7, 11) is 0. The summed E-state index contributed by atoms with van der Waals surface area (Å²) in [5, 5.41) is 450. The summed E-state index contributed by atoms with van der Waals surface area (Å²) < 4.78 is 122. The third-order valence-electron chi connectivity index (χ3n) is 26.2. The van der Waals surface area contributed by atoms with Gasteiger partial charge in [-0.1, -0.05) is 0 Å². The minimum Gasteiger partial charge on any atom is -0.477 e. The monoisotopic (exact) mass is 2110 g/mol. The van der Waals surface area contributed by atoms with Crippen molar-refractivity contribution in [2.75, 3.05) is 72.7 Å². The van der Waals surface area contributed by atoms with E-state index in [4.69, 9.17) is 99.5 Å². The SMILES string of the molecule is CC(=O)N[C@H]1[C@@H](O[C@H]2[C@@H](O[C@H]3[C@@H](O[C@@H]4[C@@H](O)[C@@H](O[C@@H]5[C@H](O)[C@@H](O[C@@H]6[C@H](O)[C@@H](O[C@H]7[C@@H]([C@H](O)CO)O[C@@](O)(C(=O)O)C[C@H]7O[C@]7(C(=O)O)C[C@@H](O[C@]8(C(=O)O)C[C@@H](O)[C@@H](O)[C@@H]([C@H](O)CO)O8)[C@@H](O)[C@@H]([C@H](O)CO)O7)O[C@H]([C@@H](O)CO)[C@H]6O)O[C@H]([C@@H](O)CO[C@H]6O[C@H]([C@@H](O)CO)[C@@H](O)[C@H](O)[C@@H]6O)[C@H]5O)O[C@H](CO[C@H]5O[C@H](CO)[C@H](O)[C@H](O)[C@H]5O)[C@H]4O)O[C@H](CO)[C@H](O)[C@@H]3O)O[C@H](CO)[C@@H](O)[C@@H]2O)O[C@H](CO)[C@@H](O)[C@@H]1O. The van der Waals surface area contributed by atoms with Crippen molar-refractivity contribution in [1.29, 1.82) is 0 Å². The summed E-state index contributed by atoms with van der Waals surface area (Å²) in [5.41, 5.74) is 0. The van der Waals surface area contributed by atoms with Crippen LogP contribution in [0.4, 0.5) is 0 Å². The van der Waals surface area contributed by atoms with Gasteiger partial charge in [0.1, 0.15) is 269 Å². The summed E-state index contributed by atoms with van der Waals surface area (Å²) in [4.78, 5) is 53.1. The van der Waals surface area contributed by atoms with E-state index in [9.17, 15) is 223 Å². The molecule has 11 aliphatic heterocycles. The van der Waals surface area contributed by atoms with E-state index in [0.717, 1.165) is 6.92 Å². The number of amides is 1. The molecule has 41 N–H and O–H groups in total. The number of carboxylic acids is 3. The Morgan fingerprint density at radius 1 is 0.301 bits per heavy atom. The molecule has 11 aliphatic rings. The van der Waals surface area contributed by atoms with Gasteiger partial charge in [0.05, 0.1) is 91.0 Å². The standard InChI is InChI=1S/C77H127NO65/c1-16(88)78-31-39(103)33(97)26(10-84)125-64(31)137-62-42(106)35(99)29(13-87)128-71(62)138-63-43(107)36(100)28(12-86)127-70(63)136-59-38(102)30(15-124-65-45(109)40(104)34(98)27(11-85)126-65)129-67(49(59)113)134-61-48(112)54(23(95)14-123-66-46(110)41(105)44(108)52(130-66)18(90)5-79)132-69(51(61)115)135-60-47(111)53(19(91)6-80)131-68(50(60)114)133-58-25(3-75(122,72(116)117)141-57(58)22(94)9-83)140-77(74(120)121)4-24(37(101)56(143-77)21(93)8-82)139-76(73(118)119)2-17(89)32(96)55(142-76)20(92)7-81/h17-71,79-87,89-115,122H,2-15H2,1H3,(H,78,88)(H,116,117)(H,118,119)(H,120,121)/t17-,18+,19+,20-,21-,22-,23+,24-,25-,26-,27-,28-,29-,30-,31-,32-,33-,34+,35-,36+,37-,38-,39-,40+,41+,42+,43+,44+,45-,46+,47-,48-,49-,50+,51+,52-,53-,54-,55-,56-,57-,58-,59+,60+,61+,62-,63-,64-,65+,66+,67-,68-,69-,70-,71-,75-,76-,77-/m1/s1. The molecule has 0 unspecified atom stereocenters. The van der Waals surface area contributed by atoms with Crippen molar-refractivity contribution in [3.05, 3.63) is 0 Å². The Bertz CT molecular complexity index is 3980. The molecule has 0 spiro atoms. The van der Waals surface area contributed by atoms with Gasteiger partial charge in [-0.05, 0) is 0 Å². The summed E-state index contributed by atoms with van der Waals surface area (Å²) in [5.74, 6) is -19.5. The number of carbonyl (C=O) groups excluding carboxylic acids is 1. The summed E-state index contributed by atoms with van der Waals surface area (Å²) in [6, 6.07) is -1.87. The number of aliphatic carboxylic acids is 3. The predicted octanol–water partition coefficient (Wildman–Crippen LogP) is -27.2. The number of aliphatic hydroxyl groups excluding tert-OH is 36. The molecule has 11 rings (SSSR count). The highest BCUT2D eigenvalue weighted by Gasteiger charge is 2.68. The lowest BCUT2D eigenvalue weighted by Gasteiger charge is -2.53. The average molecular weight is 2110 g/mol. The van der Waals surface area contributed by atoms with Gasteiger partial charge >= 0.3 is 17.9 Å². The molecule has 11 fully saturated rings. The first-order valence-corrected chi connectivity index (χ1v) is 44.6. The molecular weight excluding hydrogens is 1980 g/mol. The van der Waals surface area contributed by atoms with Crippen LogP contribution in [0.5, 0.6) is 0 Å². The van der Waals surface area contributed by atoms with Crippen LogP contribution in [0.15, 0.2) is 0 Å². The number of rotatable bonds is 41. The maximum absolute atomic E-state index is 14.1. The molecule has 66 heteroatoms. The molecule has 58 atom stereocenters. The number of aliphatic hydroxyl groups is 37. The van der Waals surface area contributed by atoms with Crippen LogP contribution in [0.2, 0.25) is 0 Å². The van der Waals surface area contributed by atoms with E-state index in [1.54, 1.807) is 0 Å². The van der Waals surface area contributed by atoms with Crippen molar-refractivity contribution in [2.45, 2.75) is 381 Å². The Labute approximate surface area is 803 Å². The van der Waals surface area contributed by atoms with Crippen LogP contribution < -0.4 is 5.32 Å². The predicted molar refractivity (Wildman–Crippen MR) is 426 cm³/mol. The fraction of sp³-hybridized carbons (Fsp3) is 0.948. The first-order chi connectivity index (χ1) is 67.3. The first kappa shape index (κ1) is 119. The van der Waals surface area contributed by atoms with Crippen LogP contribution in [0.25, 0.3) is 0 Å². The number of nitrogens with one attached hydrogen (secondary N) is 1. The highest BCUT2D eigenvalue weighted by molar-refractivity contribution is 5.78. The summed E-state index contributed by atoms with van der Waals surface area (Å²) >= 11 is 0. The molecule has 66 nitrogen and oxygen atoms in total. The third-order valence-corrected chi connectivity index (χ3v) is 26.2. The van der Waals surface area contributed by atoms with Gasteiger partial charge in [0.25, 0.3) is 17.4 Å². The maximum Gasteiger partial charge on any atom is 0.364 e. The summed E-state index contributed by atoms with van der Waals surface area (Å²) in [6.07, 6.45) is -139. The van der Waals surface area contributed by atoms with Crippen molar-refractivity contribution in [1.82, 2.24) is 5.32 Å². The van der Waals surface area contributed by atoms with Crippen molar-refractivity contribution >= 4 is 23.8 Å². The Morgan fingerprint density at radius 2 is 0.650 bits per heavy atom. The minimum absolute atomic E-state index is 0.920. The molecule has 0 bridgehead atoms. The maximum atomic E-state index is 14.1. The van der Waals surface area contributed by atoms with Gasteiger partial charge < -0.3 is 309 Å². The molecule has 0 radical (unpaired) electrons. The third kappa shape index (κ3) is 25.1. The molecule has 11 heterocycles. The Balaban J connectivity index is 0.979. The van der Waals surface area contributed by atoms with E-state index in [0.29, 0.717) is 0 Å². The first-order valence-electron chi connectivity index (χ1n) is 44.6. The van der Waals surface area contributed by atoms with E-state index in [2.05, 4.69) is 5.32 Å². The molecule has 830 valence electrons. The second-order valence-electron chi connectivity index (χ2n) is 35.9. The lowest BCUT2D eigenvalue weighted by molar-refractivity contribution is -0.413. The van der Waals surface area contributed by atoms with E-state index in [-0.39, 0.29) is 0 Å². The molecule has 0 aromatic heterocycles. The van der Waals surface area contributed by atoms with Gasteiger partial charge in [-0.25, -0.2) is 14.4 Å². The molecule has 1 amide bonds. The molecule has 143 heavy (non-hydrogen) atoms. The smallest absolute Gasteiger partial charge is 0.364 e. The highest BCUT2D eigenvalue weighted by atomic mass is 16.8. The van der Waals surface area contributed by atoms with Crippen molar-refractivity contribution in [2.24, 2.45) is 0 Å². The van der Waals surface area contributed by atoms with Gasteiger partial charge in [-0.3, -0.25) is 4.79 Å². The van der Waals surface area contributed by atoms with Crippen molar-refractivity contribution < 1.29 is 323 Å². The lowest BCUT2D eigenvalue weighted by atomic mass is 9.88. The molecular formula is C77H127NO65. The van der Waals surface area contributed by atoms with Crippen LogP contribution in [0.1, 0.15) is 26.2 Å². The molecule has 11 saturated heterocycles. The average Bonchev–Trinajstić information content (AvgIpc) is 0.730. The fourth-order valence-electron chi connectivity index (χ4n) is 18.2. The van der Waals surface area contributed by atoms with Crippen molar-refractivity contribution in [3.8, 4) is 0 Å². The van der Waals surface area contributed by atoms with Crippen LogP contribution >= 0.6 is 0 Å². The Kier molecular flexibility index (Phi) is 41.5. The number of carbonyl (C=O) groups is 4. The van der Waals surface area contributed by atoms with E-state index >= 15 is 0 Å². The van der Waals surface area contributed by atoms with Crippen LogP contribution in [0.3, 0.4) is 0 Å². The minimum atomic E-state index is -3.88. The van der Waals surface area contributed by atoms with E-state index in [1.807, 2.05) is 0 Å². The molecule has 0 saturated carbocycles. The number of ether oxygens (including phenoxy) is 21. The lowest BCUT2D eigenvalue weighted by Crippen LogP contribution is -2.71. The second kappa shape index (κ2) is 50.0. The second-order valence-corrected chi connectivity index (χ2v) is 35.9. The highest BCUT2D eigenvalue weighted by Crippen LogP contribution is 2.47. The number of carboxylic acid groups (broad SMARTS) is 3. The fourth-order valence-corrected chi connectivity index (χ4v) is 18.2. The van der Waals surface area contributed by atoms with Crippen LogP contribution in [-0.2, 0) is 119 Å². The topological polar surface area (TPSA) is 1080 Å². The van der Waals surface area contributed by atoms with Gasteiger partial charge in [0.2, 0.25) is 5.91 Å².